The van der Waals surface area contributed by atoms with Gasteiger partial charge in [-0.1, -0.05) is 17.7 Å². The van der Waals surface area contributed by atoms with E-state index in [0.29, 0.717) is 36.8 Å². The van der Waals surface area contributed by atoms with Crippen LogP contribution in [0.2, 0.25) is 5.02 Å². The highest BCUT2D eigenvalue weighted by molar-refractivity contribution is 6.30. The summed E-state index contributed by atoms with van der Waals surface area (Å²) in [5, 5.41) is 13.6. The van der Waals surface area contributed by atoms with Gasteiger partial charge in [0.2, 0.25) is 0 Å². The van der Waals surface area contributed by atoms with Crippen molar-refractivity contribution >= 4 is 17.5 Å². The van der Waals surface area contributed by atoms with Crippen molar-refractivity contribution < 1.29 is 14.6 Å². The number of hydrogen-bond acceptors (Lipinski definition) is 3. The fourth-order valence-electron chi connectivity index (χ4n) is 2.49. The Morgan fingerprint density at radius 3 is 2.80 bits per heavy atom. The predicted octanol–water partition coefficient (Wildman–Crippen LogP) is 2.66. The molecular formula is C15H20ClNO3. The molecule has 1 aromatic carbocycles. The molecule has 0 unspecified atom stereocenters. The first-order chi connectivity index (χ1) is 9.55. The average Bonchev–Trinajstić information content (AvgIpc) is 2.86. The SMILES string of the molecule is CCOc1cc(Cl)ccc1CNC(=O)C1(O)CCCC1. The maximum absolute atomic E-state index is 12.0. The lowest BCUT2D eigenvalue weighted by molar-refractivity contribution is -0.139. The van der Waals surface area contributed by atoms with Gasteiger partial charge in [0.05, 0.1) is 6.61 Å². The van der Waals surface area contributed by atoms with Crippen LogP contribution in [0.25, 0.3) is 0 Å². The van der Waals surface area contributed by atoms with Crippen molar-refractivity contribution in [2.75, 3.05) is 6.61 Å². The molecule has 1 aliphatic carbocycles. The van der Waals surface area contributed by atoms with Crippen molar-refractivity contribution in [1.29, 1.82) is 0 Å². The lowest BCUT2D eigenvalue weighted by Gasteiger charge is -2.21. The summed E-state index contributed by atoms with van der Waals surface area (Å²) in [6, 6.07) is 5.32. The Bertz CT molecular complexity index is 484. The standard InChI is InChI=1S/C15H20ClNO3/c1-2-20-13-9-12(16)6-5-11(13)10-17-14(18)15(19)7-3-4-8-15/h5-6,9,19H,2-4,7-8,10H2,1H3,(H,17,18). The Hall–Kier alpha value is -1.26. The van der Waals surface area contributed by atoms with Gasteiger partial charge in [0.15, 0.2) is 0 Å². The molecule has 1 fully saturated rings. The molecule has 0 aliphatic heterocycles. The van der Waals surface area contributed by atoms with E-state index in [9.17, 15) is 9.90 Å². The van der Waals surface area contributed by atoms with Crippen LogP contribution < -0.4 is 10.1 Å². The van der Waals surface area contributed by atoms with Crippen LogP contribution in [0.5, 0.6) is 5.75 Å². The molecule has 4 nitrogen and oxygen atoms in total. The number of hydrogen-bond donors (Lipinski definition) is 2. The molecule has 0 saturated heterocycles. The Morgan fingerprint density at radius 2 is 2.15 bits per heavy atom. The second-order valence-corrected chi connectivity index (χ2v) is 5.54. The lowest BCUT2D eigenvalue weighted by atomic mass is 10.0. The maximum atomic E-state index is 12.0. The summed E-state index contributed by atoms with van der Waals surface area (Å²) < 4.78 is 5.50. The van der Waals surface area contributed by atoms with E-state index in [1.165, 1.54) is 0 Å². The zero-order chi connectivity index (χ0) is 14.6. The summed E-state index contributed by atoms with van der Waals surface area (Å²) in [5.41, 5.74) is -0.343. The van der Waals surface area contributed by atoms with Gasteiger partial charge in [0.1, 0.15) is 11.4 Å². The first-order valence-corrected chi connectivity index (χ1v) is 7.35. The average molecular weight is 298 g/mol. The van der Waals surface area contributed by atoms with E-state index in [1.807, 2.05) is 13.0 Å². The number of ether oxygens (including phenoxy) is 1. The summed E-state index contributed by atoms with van der Waals surface area (Å²) in [4.78, 5) is 12.0. The third-order valence-corrected chi connectivity index (χ3v) is 3.86. The minimum atomic E-state index is -1.20. The molecule has 110 valence electrons. The fraction of sp³-hybridized carbons (Fsp3) is 0.533. The molecule has 0 bridgehead atoms. The summed E-state index contributed by atoms with van der Waals surface area (Å²) in [5.74, 6) is 0.367. The molecule has 0 aromatic heterocycles. The largest absolute Gasteiger partial charge is 0.493 e. The third kappa shape index (κ3) is 3.44. The van der Waals surface area contributed by atoms with Gasteiger partial charge in [-0.15, -0.1) is 0 Å². The number of benzene rings is 1. The molecule has 1 saturated carbocycles. The number of carbonyl (C=O) groups is 1. The first kappa shape index (κ1) is 15.1. The lowest BCUT2D eigenvalue weighted by Crippen LogP contribution is -2.44. The highest BCUT2D eigenvalue weighted by atomic mass is 35.5. The summed E-state index contributed by atoms with van der Waals surface area (Å²) in [6.07, 6.45) is 2.87. The normalized spacial score (nSPS) is 16.9. The predicted molar refractivity (Wildman–Crippen MR) is 77.9 cm³/mol. The molecule has 1 aromatic rings. The van der Waals surface area contributed by atoms with Gasteiger partial charge in [0, 0.05) is 17.1 Å². The Kier molecular flexibility index (Phi) is 4.89. The Morgan fingerprint density at radius 1 is 1.45 bits per heavy atom. The van der Waals surface area contributed by atoms with E-state index in [2.05, 4.69) is 5.32 Å². The van der Waals surface area contributed by atoms with Crippen LogP contribution in [0.1, 0.15) is 38.2 Å². The van der Waals surface area contributed by atoms with Gasteiger partial charge in [-0.25, -0.2) is 0 Å². The summed E-state index contributed by atoms with van der Waals surface area (Å²) in [7, 11) is 0. The molecule has 2 N–H and O–H groups in total. The van der Waals surface area contributed by atoms with Crippen LogP contribution in [0, 0.1) is 0 Å². The number of nitrogens with one attached hydrogen (secondary N) is 1. The number of amides is 1. The van der Waals surface area contributed by atoms with E-state index < -0.39 is 5.60 Å². The molecule has 0 heterocycles. The van der Waals surface area contributed by atoms with Crippen LogP contribution in [0.3, 0.4) is 0 Å². The zero-order valence-corrected chi connectivity index (χ0v) is 12.4. The number of carbonyl (C=O) groups excluding carboxylic acids is 1. The molecule has 5 heteroatoms. The Labute approximate surface area is 124 Å². The molecular weight excluding hydrogens is 278 g/mol. The smallest absolute Gasteiger partial charge is 0.252 e. The van der Waals surface area contributed by atoms with E-state index in [1.54, 1.807) is 12.1 Å². The summed E-state index contributed by atoms with van der Waals surface area (Å²) >= 11 is 5.93. The van der Waals surface area contributed by atoms with Crippen molar-refractivity contribution in [3.63, 3.8) is 0 Å². The maximum Gasteiger partial charge on any atom is 0.252 e. The van der Waals surface area contributed by atoms with Gasteiger partial charge >= 0.3 is 0 Å². The van der Waals surface area contributed by atoms with Gasteiger partial charge in [-0.3, -0.25) is 4.79 Å². The zero-order valence-electron chi connectivity index (χ0n) is 11.6. The highest BCUT2D eigenvalue weighted by Crippen LogP contribution is 2.30. The van der Waals surface area contributed by atoms with Gasteiger partial charge in [-0.2, -0.15) is 0 Å². The van der Waals surface area contributed by atoms with Gasteiger partial charge < -0.3 is 15.2 Å². The van der Waals surface area contributed by atoms with Crippen molar-refractivity contribution in [2.24, 2.45) is 0 Å². The van der Waals surface area contributed by atoms with Crippen LogP contribution in [0.15, 0.2) is 18.2 Å². The van der Waals surface area contributed by atoms with E-state index in [-0.39, 0.29) is 5.91 Å². The van der Waals surface area contributed by atoms with Crippen LogP contribution >= 0.6 is 11.6 Å². The Balaban J connectivity index is 2.01. The molecule has 1 amide bonds. The molecule has 2 rings (SSSR count). The van der Waals surface area contributed by atoms with E-state index in [4.69, 9.17) is 16.3 Å². The van der Waals surface area contributed by atoms with Crippen LogP contribution in [-0.4, -0.2) is 23.2 Å². The monoisotopic (exact) mass is 297 g/mol. The quantitative estimate of drug-likeness (QED) is 0.878. The highest BCUT2D eigenvalue weighted by Gasteiger charge is 2.38. The second-order valence-electron chi connectivity index (χ2n) is 5.11. The van der Waals surface area contributed by atoms with Crippen molar-refractivity contribution in [3.8, 4) is 5.75 Å². The minimum absolute atomic E-state index is 0.299. The first-order valence-electron chi connectivity index (χ1n) is 6.97. The number of rotatable bonds is 5. The molecule has 0 spiro atoms. The van der Waals surface area contributed by atoms with E-state index in [0.717, 1.165) is 18.4 Å². The van der Waals surface area contributed by atoms with Crippen molar-refractivity contribution in [3.05, 3.63) is 28.8 Å². The van der Waals surface area contributed by atoms with Crippen molar-refractivity contribution in [1.82, 2.24) is 5.32 Å². The van der Waals surface area contributed by atoms with Gasteiger partial charge in [0.25, 0.3) is 5.91 Å². The molecule has 1 aliphatic rings. The number of aliphatic hydroxyl groups is 1. The van der Waals surface area contributed by atoms with Crippen LogP contribution in [-0.2, 0) is 11.3 Å². The number of halogens is 1. The van der Waals surface area contributed by atoms with Gasteiger partial charge in [-0.05, 0) is 44.7 Å². The van der Waals surface area contributed by atoms with E-state index >= 15 is 0 Å². The minimum Gasteiger partial charge on any atom is -0.493 e. The molecule has 20 heavy (non-hydrogen) atoms. The van der Waals surface area contributed by atoms with Crippen LogP contribution in [0.4, 0.5) is 0 Å². The molecule has 0 atom stereocenters. The van der Waals surface area contributed by atoms with Crippen molar-refractivity contribution in [2.45, 2.75) is 44.8 Å². The topological polar surface area (TPSA) is 58.6 Å². The fourth-order valence-corrected chi connectivity index (χ4v) is 2.65. The third-order valence-electron chi connectivity index (χ3n) is 3.62. The summed E-state index contributed by atoms with van der Waals surface area (Å²) in [6.45, 7) is 2.75. The molecule has 0 radical (unpaired) electrons. The second kappa shape index (κ2) is 6.46.